The molecule has 1 aliphatic rings. The molecule has 6 heteroatoms. The first kappa shape index (κ1) is 17.5. The molecule has 5 nitrogen and oxygen atoms in total. The fourth-order valence-electron chi connectivity index (χ4n) is 3.02. The zero-order valence-corrected chi connectivity index (χ0v) is 15.5. The second-order valence-electron chi connectivity index (χ2n) is 5.85. The summed E-state index contributed by atoms with van der Waals surface area (Å²) in [5, 5.41) is 0. The number of nitrogens with zero attached hydrogens (tertiary/aromatic N) is 1. The van der Waals surface area contributed by atoms with Gasteiger partial charge in [-0.15, -0.1) is 0 Å². The summed E-state index contributed by atoms with van der Waals surface area (Å²) in [6.45, 7) is 1.82. The highest BCUT2D eigenvalue weighted by Gasteiger charge is 2.43. The first-order valence-electron chi connectivity index (χ1n) is 7.91. The van der Waals surface area contributed by atoms with E-state index in [1.54, 1.807) is 13.2 Å². The van der Waals surface area contributed by atoms with Crippen molar-refractivity contribution in [3.8, 4) is 5.75 Å². The summed E-state index contributed by atoms with van der Waals surface area (Å²) in [6.07, 6.45) is -1.01. The number of cyclic esters (lactones) is 1. The van der Waals surface area contributed by atoms with Gasteiger partial charge >= 0.3 is 6.09 Å². The van der Waals surface area contributed by atoms with Crippen molar-refractivity contribution >= 4 is 27.9 Å². The van der Waals surface area contributed by atoms with Crippen LogP contribution in [0, 0.1) is 0 Å². The predicted octanol–water partition coefficient (Wildman–Crippen LogP) is 4.11. The van der Waals surface area contributed by atoms with Gasteiger partial charge in [0.05, 0.1) is 19.6 Å². The van der Waals surface area contributed by atoms with E-state index in [0.29, 0.717) is 11.3 Å². The van der Waals surface area contributed by atoms with Crippen molar-refractivity contribution in [1.82, 2.24) is 4.90 Å². The highest BCUT2D eigenvalue weighted by Crippen LogP contribution is 2.33. The zero-order valence-electron chi connectivity index (χ0n) is 13.9. The monoisotopic (exact) mass is 403 g/mol. The molecule has 0 N–H and O–H groups in total. The van der Waals surface area contributed by atoms with E-state index >= 15 is 0 Å². The van der Waals surface area contributed by atoms with Crippen LogP contribution in [-0.2, 0) is 16.0 Å². The van der Waals surface area contributed by atoms with Crippen LogP contribution in [-0.4, -0.2) is 30.1 Å². The summed E-state index contributed by atoms with van der Waals surface area (Å²) < 4.78 is 11.6. The molecule has 0 aliphatic carbocycles. The van der Waals surface area contributed by atoms with Gasteiger partial charge in [-0.25, -0.2) is 9.69 Å². The number of benzene rings is 2. The zero-order chi connectivity index (χ0) is 18.0. The third kappa shape index (κ3) is 3.54. The lowest BCUT2D eigenvalue weighted by Crippen LogP contribution is -2.38. The number of hydrogen-bond donors (Lipinski definition) is 0. The summed E-state index contributed by atoms with van der Waals surface area (Å²) in [5.74, 6) is 0.295. The molecule has 25 heavy (non-hydrogen) atoms. The molecule has 1 heterocycles. The van der Waals surface area contributed by atoms with Gasteiger partial charge in [0.1, 0.15) is 11.9 Å². The fraction of sp³-hybridized carbons (Fsp3) is 0.263. The molecular weight excluding hydrogens is 386 g/mol. The van der Waals surface area contributed by atoms with Crippen LogP contribution in [0.2, 0.25) is 0 Å². The molecule has 0 unspecified atom stereocenters. The van der Waals surface area contributed by atoms with Crippen molar-refractivity contribution in [3.05, 3.63) is 64.1 Å². The molecule has 0 saturated carbocycles. The van der Waals surface area contributed by atoms with Crippen molar-refractivity contribution in [2.75, 3.05) is 7.11 Å². The topological polar surface area (TPSA) is 55.8 Å². The lowest BCUT2D eigenvalue weighted by Gasteiger charge is -2.20. The van der Waals surface area contributed by atoms with E-state index < -0.39 is 12.2 Å². The van der Waals surface area contributed by atoms with E-state index in [1.807, 2.05) is 49.4 Å². The quantitative estimate of drug-likeness (QED) is 0.770. The predicted molar refractivity (Wildman–Crippen MR) is 96.4 cm³/mol. The van der Waals surface area contributed by atoms with Crippen molar-refractivity contribution in [2.24, 2.45) is 0 Å². The standard InChI is InChI=1S/C19H18BrNO4/c1-12-18(13-6-4-3-5-7-13)25-19(23)21(12)17(22)11-14-10-15(20)8-9-16(14)24-2/h3-10,12,18H,11H2,1-2H3/t12-,18-/m1/s1. The number of rotatable bonds is 4. The van der Waals surface area contributed by atoms with Crippen LogP contribution in [0.4, 0.5) is 4.79 Å². The molecule has 2 amide bonds. The van der Waals surface area contributed by atoms with Gasteiger partial charge in [-0.1, -0.05) is 46.3 Å². The number of carbonyl (C=O) groups is 2. The molecule has 2 aromatic rings. The minimum atomic E-state index is -0.611. The first-order valence-corrected chi connectivity index (χ1v) is 8.70. The minimum absolute atomic E-state index is 0.0591. The Bertz CT molecular complexity index is 793. The average molecular weight is 404 g/mol. The fourth-order valence-corrected chi connectivity index (χ4v) is 3.43. The second kappa shape index (κ2) is 7.27. The van der Waals surface area contributed by atoms with Crippen LogP contribution >= 0.6 is 15.9 Å². The van der Waals surface area contributed by atoms with Gasteiger partial charge in [-0.2, -0.15) is 0 Å². The summed E-state index contributed by atoms with van der Waals surface area (Å²) in [7, 11) is 1.55. The van der Waals surface area contributed by atoms with Crippen LogP contribution in [0.1, 0.15) is 24.2 Å². The molecule has 0 spiro atoms. The summed E-state index contributed by atoms with van der Waals surface area (Å²) >= 11 is 3.39. The number of carbonyl (C=O) groups excluding carboxylic acids is 2. The maximum Gasteiger partial charge on any atom is 0.417 e. The Morgan fingerprint density at radius 2 is 1.96 bits per heavy atom. The molecule has 3 rings (SSSR count). The number of hydrogen-bond acceptors (Lipinski definition) is 4. The van der Waals surface area contributed by atoms with Crippen molar-refractivity contribution < 1.29 is 19.1 Å². The van der Waals surface area contributed by atoms with Gasteiger partial charge in [-0.3, -0.25) is 4.79 Å². The molecule has 0 bridgehead atoms. The summed E-state index contributed by atoms with van der Waals surface area (Å²) in [4.78, 5) is 26.2. The molecule has 0 radical (unpaired) electrons. The molecule has 2 atom stereocenters. The van der Waals surface area contributed by atoms with Gasteiger partial charge in [-0.05, 0) is 30.7 Å². The third-order valence-electron chi connectivity index (χ3n) is 4.25. The van der Waals surface area contributed by atoms with Crippen molar-refractivity contribution in [1.29, 1.82) is 0 Å². The highest BCUT2D eigenvalue weighted by atomic mass is 79.9. The second-order valence-corrected chi connectivity index (χ2v) is 6.77. The smallest absolute Gasteiger partial charge is 0.417 e. The van der Waals surface area contributed by atoms with Crippen LogP contribution in [0.15, 0.2) is 53.0 Å². The first-order chi connectivity index (χ1) is 12.0. The largest absolute Gasteiger partial charge is 0.496 e. The number of ether oxygens (including phenoxy) is 2. The number of amides is 2. The van der Waals surface area contributed by atoms with Crippen LogP contribution in [0.25, 0.3) is 0 Å². The Hall–Kier alpha value is -2.34. The number of methoxy groups -OCH3 is 1. The molecule has 0 aromatic heterocycles. The summed E-state index contributed by atoms with van der Waals surface area (Å²) in [5.41, 5.74) is 1.59. The van der Waals surface area contributed by atoms with E-state index in [9.17, 15) is 9.59 Å². The van der Waals surface area contributed by atoms with E-state index in [1.165, 1.54) is 4.90 Å². The SMILES string of the molecule is COc1ccc(Br)cc1CC(=O)N1C(=O)O[C@@H](c2ccccc2)[C@H]1C. The van der Waals surface area contributed by atoms with E-state index in [-0.39, 0.29) is 18.4 Å². The molecule has 2 aromatic carbocycles. The Balaban J connectivity index is 1.81. The van der Waals surface area contributed by atoms with Gasteiger partial charge in [0, 0.05) is 10.0 Å². The van der Waals surface area contributed by atoms with E-state index in [2.05, 4.69) is 15.9 Å². The molecular formula is C19H18BrNO4. The normalized spacial score (nSPS) is 19.6. The van der Waals surface area contributed by atoms with Gasteiger partial charge < -0.3 is 9.47 Å². The summed E-state index contributed by atoms with van der Waals surface area (Å²) in [6, 6.07) is 14.5. The van der Waals surface area contributed by atoms with Gasteiger partial charge in [0.15, 0.2) is 0 Å². The molecule has 1 fully saturated rings. The third-order valence-corrected chi connectivity index (χ3v) is 4.74. The highest BCUT2D eigenvalue weighted by molar-refractivity contribution is 9.10. The Morgan fingerprint density at radius 1 is 1.24 bits per heavy atom. The molecule has 1 aliphatic heterocycles. The average Bonchev–Trinajstić information content (AvgIpc) is 2.90. The van der Waals surface area contributed by atoms with E-state index in [0.717, 1.165) is 10.0 Å². The van der Waals surface area contributed by atoms with Crippen molar-refractivity contribution in [3.63, 3.8) is 0 Å². The number of imide groups is 1. The number of halogens is 1. The minimum Gasteiger partial charge on any atom is -0.496 e. The van der Waals surface area contributed by atoms with Crippen molar-refractivity contribution in [2.45, 2.75) is 25.5 Å². The van der Waals surface area contributed by atoms with Gasteiger partial charge in [0.25, 0.3) is 0 Å². The van der Waals surface area contributed by atoms with Crippen LogP contribution in [0.3, 0.4) is 0 Å². The maximum absolute atomic E-state index is 12.7. The lowest BCUT2D eigenvalue weighted by atomic mass is 10.0. The van der Waals surface area contributed by atoms with Crippen LogP contribution in [0.5, 0.6) is 5.75 Å². The maximum atomic E-state index is 12.7. The van der Waals surface area contributed by atoms with E-state index in [4.69, 9.17) is 9.47 Å². The molecule has 1 saturated heterocycles. The Morgan fingerprint density at radius 3 is 2.64 bits per heavy atom. The Labute approximate surface area is 154 Å². The molecule has 130 valence electrons. The van der Waals surface area contributed by atoms with Crippen LogP contribution < -0.4 is 4.74 Å². The van der Waals surface area contributed by atoms with Gasteiger partial charge in [0.2, 0.25) is 5.91 Å². The Kier molecular flexibility index (Phi) is 5.08. The lowest BCUT2D eigenvalue weighted by molar-refractivity contribution is -0.128.